The van der Waals surface area contributed by atoms with Crippen molar-refractivity contribution in [3.8, 4) is 0 Å². The number of carbonyl (C=O) groups is 3. The summed E-state index contributed by atoms with van der Waals surface area (Å²) in [6.45, 7) is 0. The van der Waals surface area contributed by atoms with E-state index in [9.17, 15) is 18.8 Å². The number of hydrazine groups is 1. The molecule has 1 unspecified atom stereocenters. The average molecular weight is 291 g/mol. The van der Waals surface area contributed by atoms with Gasteiger partial charge in [0.1, 0.15) is 17.6 Å². The Hall–Kier alpha value is -2.74. The predicted molar refractivity (Wildman–Crippen MR) is 68.0 cm³/mol. The van der Waals surface area contributed by atoms with Gasteiger partial charge in [-0.05, 0) is 12.1 Å². The van der Waals surface area contributed by atoms with Crippen LogP contribution in [0.2, 0.25) is 0 Å². The molecular formula is C13H10FN3O4. The van der Waals surface area contributed by atoms with Crippen LogP contribution < -0.4 is 15.8 Å². The molecule has 1 atom stereocenters. The van der Waals surface area contributed by atoms with E-state index in [-0.39, 0.29) is 17.0 Å². The standard InChI is InChI=1S/C13H10FN3O4/c1-21-13(20)10-8-9(15-16-10)12(19)17(11(8)18)7-5-3-2-4-6(7)14/h2-5,9,15-16H,1H3. The van der Waals surface area contributed by atoms with E-state index < -0.39 is 29.6 Å². The lowest BCUT2D eigenvalue weighted by Crippen LogP contribution is -2.43. The average Bonchev–Trinajstić information content (AvgIpc) is 3.01. The van der Waals surface area contributed by atoms with Crippen molar-refractivity contribution in [3.05, 3.63) is 41.4 Å². The van der Waals surface area contributed by atoms with E-state index in [0.717, 1.165) is 13.2 Å². The number of hydrogen-bond donors (Lipinski definition) is 2. The Morgan fingerprint density at radius 2 is 2.05 bits per heavy atom. The Labute approximate surface area is 118 Å². The normalized spacial score (nSPS) is 20.7. The Bertz CT molecular complexity index is 700. The number of fused-ring (bicyclic) bond motifs is 1. The van der Waals surface area contributed by atoms with Gasteiger partial charge in [-0.25, -0.2) is 19.5 Å². The molecule has 1 fully saturated rings. The molecule has 2 N–H and O–H groups in total. The maximum absolute atomic E-state index is 13.8. The summed E-state index contributed by atoms with van der Waals surface area (Å²) in [6, 6.07) is 4.38. The zero-order chi connectivity index (χ0) is 15.1. The van der Waals surface area contributed by atoms with Crippen molar-refractivity contribution >= 4 is 23.5 Å². The number of nitrogens with one attached hydrogen (secondary N) is 2. The highest BCUT2D eigenvalue weighted by molar-refractivity contribution is 6.32. The van der Waals surface area contributed by atoms with Gasteiger partial charge in [0.25, 0.3) is 11.8 Å². The van der Waals surface area contributed by atoms with Crippen molar-refractivity contribution in [2.45, 2.75) is 6.04 Å². The van der Waals surface area contributed by atoms with Gasteiger partial charge in [0.05, 0.1) is 18.4 Å². The lowest BCUT2D eigenvalue weighted by molar-refractivity contribution is -0.137. The highest BCUT2D eigenvalue weighted by Crippen LogP contribution is 2.31. The first-order chi connectivity index (χ1) is 10.1. The van der Waals surface area contributed by atoms with Gasteiger partial charge in [-0.3, -0.25) is 9.59 Å². The summed E-state index contributed by atoms with van der Waals surface area (Å²) in [7, 11) is 1.15. The molecule has 2 aliphatic rings. The third-order valence-corrected chi connectivity index (χ3v) is 3.28. The lowest BCUT2D eigenvalue weighted by Gasteiger charge is -2.16. The zero-order valence-electron chi connectivity index (χ0n) is 10.8. The molecule has 2 aliphatic heterocycles. The summed E-state index contributed by atoms with van der Waals surface area (Å²) in [6.07, 6.45) is 0. The fraction of sp³-hybridized carbons (Fsp3) is 0.154. The number of rotatable bonds is 2. The second kappa shape index (κ2) is 4.67. The Morgan fingerprint density at radius 1 is 1.33 bits per heavy atom. The molecule has 21 heavy (non-hydrogen) atoms. The molecule has 0 bridgehead atoms. The first-order valence-electron chi connectivity index (χ1n) is 6.03. The molecule has 1 saturated heterocycles. The van der Waals surface area contributed by atoms with E-state index in [4.69, 9.17) is 0 Å². The van der Waals surface area contributed by atoms with Crippen LogP contribution in [0, 0.1) is 5.82 Å². The molecule has 3 rings (SSSR count). The molecule has 1 aromatic carbocycles. The monoisotopic (exact) mass is 291 g/mol. The molecule has 1 aromatic rings. The van der Waals surface area contributed by atoms with Crippen LogP contribution in [0.1, 0.15) is 0 Å². The summed E-state index contributed by atoms with van der Waals surface area (Å²) < 4.78 is 18.3. The Balaban J connectivity index is 2.09. The molecule has 0 radical (unpaired) electrons. The number of amides is 2. The Kier molecular flexibility index (Phi) is 2.95. The van der Waals surface area contributed by atoms with Gasteiger partial charge >= 0.3 is 5.97 Å². The topological polar surface area (TPSA) is 87.7 Å². The van der Waals surface area contributed by atoms with Crippen LogP contribution in [0.25, 0.3) is 0 Å². The quantitative estimate of drug-likeness (QED) is 0.569. The third kappa shape index (κ3) is 1.80. The molecular weight excluding hydrogens is 281 g/mol. The fourth-order valence-electron chi connectivity index (χ4n) is 2.32. The highest BCUT2D eigenvalue weighted by Gasteiger charge is 2.50. The number of esters is 1. The largest absolute Gasteiger partial charge is 0.464 e. The van der Waals surface area contributed by atoms with Crippen LogP contribution >= 0.6 is 0 Å². The number of carbonyl (C=O) groups excluding carboxylic acids is 3. The van der Waals surface area contributed by atoms with Gasteiger partial charge < -0.3 is 10.2 Å². The number of ether oxygens (including phenoxy) is 1. The van der Waals surface area contributed by atoms with Gasteiger partial charge in [0.2, 0.25) is 0 Å². The second-order valence-corrected chi connectivity index (χ2v) is 4.41. The summed E-state index contributed by atoms with van der Waals surface area (Å²) in [4.78, 5) is 36.9. The third-order valence-electron chi connectivity index (χ3n) is 3.28. The van der Waals surface area contributed by atoms with Gasteiger partial charge in [-0.1, -0.05) is 12.1 Å². The van der Waals surface area contributed by atoms with E-state index in [2.05, 4.69) is 15.6 Å². The number of halogens is 1. The van der Waals surface area contributed by atoms with E-state index in [1.54, 1.807) is 0 Å². The van der Waals surface area contributed by atoms with Crippen LogP contribution in [0.3, 0.4) is 0 Å². The van der Waals surface area contributed by atoms with Crippen molar-refractivity contribution < 1.29 is 23.5 Å². The first kappa shape index (κ1) is 13.3. The number of imide groups is 1. The molecule has 0 aliphatic carbocycles. The highest BCUT2D eigenvalue weighted by atomic mass is 19.1. The van der Waals surface area contributed by atoms with Crippen LogP contribution in [-0.2, 0) is 19.1 Å². The summed E-state index contributed by atoms with van der Waals surface area (Å²) in [5, 5.41) is 0. The van der Waals surface area contributed by atoms with Gasteiger partial charge in [-0.15, -0.1) is 0 Å². The number of hydrogen-bond acceptors (Lipinski definition) is 6. The molecule has 2 heterocycles. The minimum Gasteiger partial charge on any atom is -0.464 e. The molecule has 7 nitrogen and oxygen atoms in total. The minimum atomic E-state index is -1.04. The van der Waals surface area contributed by atoms with Gasteiger partial charge in [0, 0.05) is 0 Å². The van der Waals surface area contributed by atoms with Crippen LogP contribution in [0.15, 0.2) is 35.5 Å². The summed E-state index contributed by atoms with van der Waals surface area (Å²) in [5.74, 6) is -2.90. The zero-order valence-corrected chi connectivity index (χ0v) is 10.8. The first-order valence-corrected chi connectivity index (χ1v) is 6.03. The van der Waals surface area contributed by atoms with Gasteiger partial charge in [-0.2, -0.15) is 0 Å². The summed E-state index contributed by atoms with van der Waals surface area (Å²) >= 11 is 0. The van der Waals surface area contributed by atoms with E-state index in [0.29, 0.717) is 4.90 Å². The second-order valence-electron chi connectivity index (χ2n) is 4.41. The van der Waals surface area contributed by atoms with Crippen molar-refractivity contribution in [1.82, 2.24) is 10.9 Å². The number of nitrogens with zero attached hydrogens (tertiary/aromatic N) is 1. The van der Waals surface area contributed by atoms with Crippen LogP contribution in [-0.4, -0.2) is 30.9 Å². The molecule has 0 aromatic heterocycles. The van der Waals surface area contributed by atoms with Gasteiger partial charge in [0.15, 0.2) is 0 Å². The molecule has 108 valence electrons. The van der Waals surface area contributed by atoms with E-state index in [1.807, 2.05) is 0 Å². The maximum atomic E-state index is 13.8. The molecule has 2 amide bonds. The maximum Gasteiger partial charge on any atom is 0.356 e. The van der Waals surface area contributed by atoms with Crippen molar-refractivity contribution in [3.63, 3.8) is 0 Å². The molecule has 0 spiro atoms. The fourth-order valence-corrected chi connectivity index (χ4v) is 2.32. The van der Waals surface area contributed by atoms with Crippen LogP contribution in [0.4, 0.5) is 10.1 Å². The number of methoxy groups -OCH3 is 1. The molecule has 8 heteroatoms. The van der Waals surface area contributed by atoms with Crippen molar-refractivity contribution in [2.24, 2.45) is 0 Å². The van der Waals surface area contributed by atoms with E-state index >= 15 is 0 Å². The number of anilines is 1. The number of benzene rings is 1. The smallest absolute Gasteiger partial charge is 0.356 e. The molecule has 0 saturated carbocycles. The lowest BCUT2D eigenvalue weighted by atomic mass is 10.1. The summed E-state index contributed by atoms with van der Waals surface area (Å²) in [5.41, 5.74) is 4.61. The Morgan fingerprint density at radius 3 is 2.71 bits per heavy atom. The van der Waals surface area contributed by atoms with Crippen molar-refractivity contribution in [2.75, 3.05) is 12.0 Å². The minimum absolute atomic E-state index is 0.0740. The van der Waals surface area contributed by atoms with Crippen LogP contribution in [0.5, 0.6) is 0 Å². The van der Waals surface area contributed by atoms with Crippen molar-refractivity contribution in [1.29, 1.82) is 0 Å². The van der Waals surface area contributed by atoms with E-state index in [1.165, 1.54) is 18.2 Å². The SMILES string of the molecule is COC(=O)C1=C2C(=O)N(c3ccccc3F)C(=O)C2NN1. The predicted octanol–water partition coefficient (Wildman–Crippen LogP) is -0.398. The number of para-hydroxylation sites is 1.